The summed E-state index contributed by atoms with van der Waals surface area (Å²) in [5, 5.41) is 3.02. The van der Waals surface area contributed by atoms with Crippen LogP contribution < -0.4 is 19.7 Å². The number of hydrogen-bond acceptors (Lipinski definition) is 4. The Balaban J connectivity index is 1.71. The maximum Gasteiger partial charge on any atom is 0.229 e. The van der Waals surface area contributed by atoms with E-state index in [1.54, 1.807) is 67.7 Å². The molecule has 2 amide bonds. The van der Waals surface area contributed by atoms with Crippen LogP contribution in [0.3, 0.4) is 0 Å². The maximum absolute atomic E-state index is 13.7. The Morgan fingerprint density at radius 2 is 1.62 bits per heavy atom. The largest absolute Gasteiger partial charge is 0.497 e. The summed E-state index contributed by atoms with van der Waals surface area (Å²) in [5.74, 6) is 0.158. The predicted molar refractivity (Wildman–Crippen MR) is 129 cm³/mol. The van der Waals surface area contributed by atoms with Crippen molar-refractivity contribution >= 4 is 23.2 Å². The molecule has 2 atom stereocenters. The van der Waals surface area contributed by atoms with Crippen molar-refractivity contribution in [2.45, 2.75) is 25.8 Å². The molecule has 4 rings (SSSR count). The zero-order valence-corrected chi connectivity index (χ0v) is 19.4. The van der Waals surface area contributed by atoms with Crippen molar-refractivity contribution in [3.63, 3.8) is 0 Å². The number of nitrogens with one attached hydrogen (secondary N) is 1. The fourth-order valence-corrected chi connectivity index (χ4v) is 4.38. The summed E-state index contributed by atoms with van der Waals surface area (Å²) in [6.45, 7) is 1.89. The molecule has 0 spiro atoms. The molecule has 3 aromatic rings. The summed E-state index contributed by atoms with van der Waals surface area (Å²) in [5.41, 5.74) is 2.89. The van der Waals surface area contributed by atoms with E-state index >= 15 is 0 Å². The lowest BCUT2D eigenvalue weighted by Gasteiger charge is -2.41. The number of hydrogen-bond donors (Lipinski definition) is 1. The third kappa shape index (κ3) is 4.73. The summed E-state index contributed by atoms with van der Waals surface area (Å²) in [6.07, 6.45) is 0.609. The van der Waals surface area contributed by atoms with E-state index in [1.165, 1.54) is 12.1 Å². The summed E-state index contributed by atoms with van der Waals surface area (Å²) < 4.78 is 24.2. The average molecular weight is 463 g/mol. The molecule has 176 valence electrons. The number of carbonyl (C=O) groups is 2. The van der Waals surface area contributed by atoms with Gasteiger partial charge in [-0.3, -0.25) is 9.59 Å². The molecule has 0 aliphatic carbocycles. The molecule has 1 saturated heterocycles. The molecule has 2 unspecified atom stereocenters. The highest BCUT2D eigenvalue weighted by Crippen LogP contribution is 2.41. The van der Waals surface area contributed by atoms with Crippen LogP contribution in [0.2, 0.25) is 0 Å². The zero-order chi connectivity index (χ0) is 24.2. The lowest BCUT2D eigenvalue weighted by molar-refractivity contribution is -0.125. The summed E-state index contributed by atoms with van der Waals surface area (Å²) in [7, 11) is 3.16. The third-order valence-electron chi connectivity index (χ3n) is 6.19. The Hall–Kier alpha value is -3.87. The fourth-order valence-electron chi connectivity index (χ4n) is 4.38. The predicted octanol–water partition coefficient (Wildman–Crippen LogP) is 5.27. The van der Waals surface area contributed by atoms with Crippen molar-refractivity contribution in [3.8, 4) is 11.5 Å². The Labute approximate surface area is 198 Å². The molecule has 3 aromatic carbocycles. The van der Waals surface area contributed by atoms with Gasteiger partial charge in [0.1, 0.15) is 17.3 Å². The standard InChI is InChI=1S/C27H27FN2O4/c1-17-16-22(34-3)12-14-24(17)29-27(32)23-13-15-25(31)30(20-8-10-21(33-2)11-9-20)26(23)18-4-6-19(28)7-5-18/h4-12,14,16,23,26H,13,15H2,1-3H3,(H,29,32). The minimum atomic E-state index is -0.589. The van der Waals surface area contributed by atoms with Crippen molar-refractivity contribution in [1.82, 2.24) is 0 Å². The summed E-state index contributed by atoms with van der Waals surface area (Å²) >= 11 is 0. The molecule has 7 heteroatoms. The van der Waals surface area contributed by atoms with Crippen LogP contribution in [0.25, 0.3) is 0 Å². The first-order valence-electron chi connectivity index (χ1n) is 11.1. The molecule has 1 fully saturated rings. The fraction of sp³-hybridized carbons (Fsp3) is 0.259. The van der Waals surface area contributed by atoms with Crippen LogP contribution in [0.5, 0.6) is 11.5 Å². The number of amides is 2. The Bertz CT molecular complexity index is 1180. The molecule has 6 nitrogen and oxygen atoms in total. The number of carbonyl (C=O) groups excluding carboxylic acids is 2. The van der Waals surface area contributed by atoms with E-state index in [4.69, 9.17) is 9.47 Å². The van der Waals surface area contributed by atoms with Crippen LogP contribution in [0.15, 0.2) is 66.7 Å². The third-order valence-corrected chi connectivity index (χ3v) is 6.19. The maximum atomic E-state index is 13.7. The first-order valence-corrected chi connectivity index (χ1v) is 11.1. The molecular formula is C27H27FN2O4. The molecule has 1 aliphatic heterocycles. The lowest BCUT2D eigenvalue weighted by Crippen LogP contribution is -2.47. The van der Waals surface area contributed by atoms with Crippen LogP contribution >= 0.6 is 0 Å². The first kappa shape index (κ1) is 23.3. The van der Waals surface area contributed by atoms with Gasteiger partial charge in [0.25, 0.3) is 0 Å². The second kappa shape index (κ2) is 9.95. The van der Waals surface area contributed by atoms with Gasteiger partial charge in [0.15, 0.2) is 0 Å². The molecule has 34 heavy (non-hydrogen) atoms. The van der Waals surface area contributed by atoms with Crippen molar-refractivity contribution in [2.75, 3.05) is 24.4 Å². The smallest absolute Gasteiger partial charge is 0.229 e. The highest BCUT2D eigenvalue weighted by molar-refractivity contribution is 6.00. The average Bonchev–Trinajstić information content (AvgIpc) is 2.85. The van der Waals surface area contributed by atoms with Crippen LogP contribution in [0.4, 0.5) is 15.8 Å². The topological polar surface area (TPSA) is 67.9 Å². The number of benzene rings is 3. The van der Waals surface area contributed by atoms with E-state index in [1.807, 2.05) is 13.0 Å². The highest BCUT2D eigenvalue weighted by Gasteiger charge is 2.41. The van der Waals surface area contributed by atoms with E-state index < -0.39 is 12.0 Å². The Morgan fingerprint density at radius 1 is 0.971 bits per heavy atom. The molecule has 0 aromatic heterocycles. The van der Waals surface area contributed by atoms with Gasteiger partial charge in [-0.05, 0) is 79.1 Å². The van der Waals surface area contributed by atoms with E-state index in [2.05, 4.69) is 5.32 Å². The van der Waals surface area contributed by atoms with Gasteiger partial charge >= 0.3 is 0 Å². The van der Waals surface area contributed by atoms with Crippen molar-refractivity contribution in [3.05, 3.63) is 83.7 Å². The van der Waals surface area contributed by atoms with Gasteiger partial charge in [0.05, 0.1) is 26.2 Å². The number of anilines is 2. The number of piperidine rings is 1. The number of ether oxygens (including phenoxy) is 2. The van der Waals surface area contributed by atoms with Crippen LogP contribution in [0.1, 0.15) is 30.0 Å². The van der Waals surface area contributed by atoms with E-state index in [9.17, 15) is 14.0 Å². The molecule has 0 saturated carbocycles. The summed E-state index contributed by atoms with van der Waals surface area (Å²) in [6, 6.07) is 17.9. The molecule has 0 bridgehead atoms. The molecule has 1 heterocycles. The monoisotopic (exact) mass is 462 g/mol. The molecular weight excluding hydrogens is 435 g/mol. The van der Waals surface area contributed by atoms with Gasteiger partial charge in [0.2, 0.25) is 11.8 Å². The second-order valence-electron chi connectivity index (χ2n) is 8.27. The quantitative estimate of drug-likeness (QED) is 0.542. The number of nitrogens with zero attached hydrogens (tertiary/aromatic N) is 1. The van der Waals surface area contributed by atoms with Crippen LogP contribution in [-0.4, -0.2) is 26.0 Å². The second-order valence-corrected chi connectivity index (χ2v) is 8.27. The summed E-state index contributed by atoms with van der Waals surface area (Å²) in [4.78, 5) is 28.3. The highest BCUT2D eigenvalue weighted by atomic mass is 19.1. The van der Waals surface area contributed by atoms with Gasteiger partial charge in [-0.25, -0.2) is 4.39 Å². The number of halogens is 1. The van der Waals surface area contributed by atoms with Gasteiger partial charge in [-0.1, -0.05) is 12.1 Å². The Kier molecular flexibility index (Phi) is 6.82. The van der Waals surface area contributed by atoms with Crippen LogP contribution in [-0.2, 0) is 9.59 Å². The van der Waals surface area contributed by atoms with Crippen molar-refractivity contribution in [1.29, 1.82) is 0 Å². The van der Waals surface area contributed by atoms with Gasteiger partial charge in [0, 0.05) is 17.8 Å². The molecule has 1 aliphatic rings. The SMILES string of the molecule is COc1ccc(N2C(=O)CCC(C(=O)Nc3ccc(OC)cc3C)C2c2ccc(F)cc2)cc1. The van der Waals surface area contributed by atoms with E-state index in [0.717, 1.165) is 5.56 Å². The van der Waals surface area contributed by atoms with E-state index in [0.29, 0.717) is 34.9 Å². The van der Waals surface area contributed by atoms with Gasteiger partial charge < -0.3 is 19.7 Å². The minimum Gasteiger partial charge on any atom is -0.497 e. The van der Waals surface area contributed by atoms with Crippen molar-refractivity contribution < 1.29 is 23.5 Å². The number of methoxy groups -OCH3 is 2. The number of rotatable bonds is 6. The van der Waals surface area contributed by atoms with Crippen molar-refractivity contribution in [2.24, 2.45) is 5.92 Å². The zero-order valence-electron chi connectivity index (χ0n) is 19.4. The van der Waals surface area contributed by atoms with Gasteiger partial charge in [-0.15, -0.1) is 0 Å². The van der Waals surface area contributed by atoms with E-state index in [-0.39, 0.29) is 24.1 Å². The minimum absolute atomic E-state index is 0.0934. The normalized spacial score (nSPS) is 17.9. The number of aryl methyl sites for hydroxylation is 1. The Morgan fingerprint density at radius 3 is 2.24 bits per heavy atom. The van der Waals surface area contributed by atoms with Gasteiger partial charge in [-0.2, -0.15) is 0 Å². The van der Waals surface area contributed by atoms with Crippen LogP contribution in [0, 0.1) is 18.7 Å². The lowest BCUT2D eigenvalue weighted by atomic mass is 9.83. The molecule has 1 N–H and O–H groups in total. The first-order chi connectivity index (χ1) is 16.4. The molecule has 0 radical (unpaired) electrons.